The number of nitrogens with one attached hydrogen (secondary N) is 1. The van der Waals surface area contributed by atoms with Gasteiger partial charge in [-0.15, -0.1) is 0 Å². The molecule has 6 nitrogen and oxygen atoms in total. The van der Waals surface area contributed by atoms with Crippen LogP contribution in [0.1, 0.15) is 24.7 Å². The highest BCUT2D eigenvalue weighted by Gasteiger charge is 2.27. The molecule has 0 fully saturated rings. The van der Waals surface area contributed by atoms with E-state index in [2.05, 4.69) is 15.3 Å². The van der Waals surface area contributed by atoms with Gasteiger partial charge in [-0.3, -0.25) is 0 Å². The molecule has 0 unspecified atom stereocenters. The molecule has 96 valence electrons. The first-order valence-corrected chi connectivity index (χ1v) is 5.63. The number of aliphatic hydroxyl groups excluding tert-OH is 2. The smallest absolute Gasteiger partial charge is 0.223 e. The van der Waals surface area contributed by atoms with Crippen LogP contribution in [0.5, 0.6) is 0 Å². The first kappa shape index (κ1) is 13.8. The van der Waals surface area contributed by atoms with E-state index in [1.807, 2.05) is 13.8 Å². The number of aryl methyl sites for hydroxylation is 1. The van der Waals surface area contributed by atoms with Crippen LogP contribution in [0.4, 0.5) is 5.95 Å². The molecule has 5 N–H and O–H groups in total. The maximum Gasteiger partial charge on any atom is 0.223 e. The maximum atomic E-state index is 9.33. The molecule has 0 saturated heterocycles. The fourth-order valence-electron chi connectivity index (χ4n) is 1.47. The Labute approximate surface area is 101 Å². The molecule has 1 aromatic heterocycles. The van der Waals surface area contributed by atoms with Crippen molar-refractivity contribution < 1.29 is 10.2 Å². The van der Waals surface area contributed by atoms with Crippen LogP contribution in [0.25, 0.3) is 0 Å². The van der Waals surface area contributed by atoms with Gasteiger partial charge in [0.25, 0.3) is 0 Å². The molecule has 0 radical (unpaired) electrons. The number of nitrogens with two attached hydrogens (primary N) is 1. The molecule has 0 saturated carbocycles. The summed E-state index contributed by atoms with van der Waals surface area (Å²) in [4.78, 5) is 8.42. The van der Waals surface area contributed by atoms with Crippen LogP contribution in [0.3, 0.4) is 0 Å². The molecule has 0 atom stereocenters. The number of hydrogen-bond donors (Lipinski definition) is 4. The molecular formula is C11H20N4O2. The predicted octanol–water partition coefficient (Wildman–Crippen LogP) is -0.211. The van der Waals surface area contributed by atoms with Gasteiger partial charge >= 0.3 is 0 Å². The number of aliphatic hydroxyl groups is 2. The van der Waals surface area contributed by atoms with Gasteiger partial charge in [0, 0.05) is 12.2 Å². The van der Waals surface area contributed by atoms with Gasteiger partial charge in [0.1, 0.15) is 0 Å². The lowest BCUT2D eigenvalue weighted by molar-refractivity contribution is 0.132. The zero-order valence-corrected chi connectivity index (χ0v) is 10.3. The molecule has 1 heterocycles. The van der Waals surface area contributed by atoms with Gasteiger partial charge in [0.15, 0.2) is 0 Å². The third kappa shape index (κ3) is 3.36. The first-order valence-electron chi connectivity index (χ1n) is 5.63. The minimum Gasteiger partial charge on any atom is -0.394 e. The number of anilines is 1. The highest BCUT2D eigenvalue weighted by atomic mass is 16.3. The third-order valence-electron chi connectivity index (χ3n) is 2.78. The Balaban J connectivity index is 2.96. The summed E-state index contributed by atoms with van der Waals surface area (Å²) in [6.07, 6.45) is 0.565. The van der Waals surface area contributed by atoms with Crippen LogP contribution in [0, 0.1) is 6.92 Å². The Kier molecular flexibility index (Phi) is 4.80. The molecular weight excluding hydrogens is 220 g/mol. The van der Waals surface area contributed by atoms with E-state index in [9.17, 15) is 10.2 Å². The summed E-state index contributed by atoms with van der Waals surface area (Å²) in [6.45, 7) is 3.68. The molecule has 0 aliphatic heterocycles. The molecule has 0 aliphatic carbocycles. The minimum absolute atomic E-state index is 0.185. The molecule has 0 amide bonds. The lowest BCUT2D eigenvalue weighted by Gasteiger charge is -2.29. The highest BCUT2D eigenvalue weighted by Crippen LogP contribution is 2.16. The SMILES string of the molecule is CCC(CO)(CO)Nc1nc(C)cc(CN)n1. The summed E-state index contributed by atoms with van der Waals surface area (Å²) >= 11 is 0. The van der Waals surface area contributed by atoms with Crippen molar-refractivity contribution in [2.75, 3.05) is 18.5 Å². The van der Waals surface area contributed by atoms with Crippen molar-refractivity contribution in [2.24, 2.45) is 5.73 Å². The van der Waals surface area contributed by atoms with Crippen molar-refractivity contribution in [1.82, 2.24) is 9.97 Å². The van der Waals surface area contributed by atoms with Crippen LogP contribution in [-0.4, -0.2) is 38.9 Å². The van der Waals surface area contributed by atoms with E-state index in [-0.39, 0.29) is 13.2 Å². The highest BCUT2D eigenvalue weighted by molar-refractivity contribution is 5.32. The van der Waals surface area contributed by atoms with Gasteiger partial charge in [0.05, 0.1) is 24.4 Å². The van der Waals surface area contributed by atoms with Crippen molar-refractivity contribution in [1.29, 1.82) is 0 Å². The molecule has 6 heteroatoms. The molecule has 1 rings (SSSR count). The zero-order chi connectivity index (χ0) is 12.9. The van der Waals surface area contributed by atoms with E-state index >= 15 is 0 Å². The van der Waals surface area contributed by atoms with E-state index in [0.29, 0.717) is 18.9 Å². The third-order valence-corrected chi connectivity index (χ3v) is 2.78. The lowest BCUT2D eigenvalue weighted by atomic mass is 9.99. The van der Waals surface area contributed by atoms with Crippen LogP contribution < -0.4 is 11.1 Å². The van der Waals surface area contributed by atoms with Gasteiger partial charge in [-0.05, 0) is 19.4 Å². The van der Waals surface area contributed by atoms with Gasteiger partial charge < -0.3 is 21.3 Å². The number of aromatic nitrogens is 2. The first-order chi connectivity index (χ1) is 8.09. The van der Waals surface area contributed by atoms with Crippen molar-refractivity contribution in [3.63, 3.8) is 0 Å². The summed E-state index contributed by atoms with van der Waals surface area (Å²) in [5.74, 6) is 0.385. The molecule has 17 heavy (non-hydrogen) atoms. The number of nitrogens with zero attached hydrogens (tertiary/aromatic N) is 2. The number of hydrogen-bond acceptors (Lipinski definition) is 6. The molecule has 0 bridgehead atoms. The Morgan fingerprint density at radius 1 is 1.35 bits per heavy atom. The monoisotopic (exact) mass is 240 g/mol. The Morgan fingerprint density at radius 2 is 2.00 bits per heavy atom. The topological polar surface area (TPSA) is 104 Å². The van der Waals surface area contributed by atoms with Crippen LogP contribution >= 0.6 is 0 Å². The van der Waals surface area contributed by atoms with Gasteiger partial charge in [-0.2, -0.15) is 0 Å². The number of rotatable bonds is 6. The van der Waals surface area contributed by atoms with E-state index in [0.717, 1.165) is 11.4 Å². The quantitative estimate of drug-likeness (QED) is 0.548. The largest absolute Gasteiger partial charge is 0.394 e. The summed E-state index contributed by atoms with van der Waals surface area (Å²) in [5, 5.41) is 21.6. The van der Waals surface area contributed by atoms with Crippen molar-refractivity contribution >= 4 is 5.95 Å². The predicted molar refractivity (Wildman–Crippen MR) is 65.5 cm³/mol. The Hall–Kier alpha value is -1.24. The molecule has 0 aliphatic rings. The normalized spacial score (nSPS) is 11.6. The van der Waals surface area contributed by atoms with Gasteiger partial charge in [-0.1, -0.05) is 6.92 Å². The zero-order valence-electron chi connectivity index (χ0n) is 10.3. The second-order valence-corrected chi connectivity index (χ2v) is 4.10. The van der Waals surface area contributed by atoms with Crippen LogP contribution in [-0.2, 0) is 6.54 Å². The second kappa shape index (κ2) is 5.90. The van der Waals surface area contributed by atoms with Crippen LogP contribution in [0.15, 0.2) is 6.07 Å². The Morgan fingerprint density at radius 3 is 2.47 bits per heavy atom. The van der Waals surface area contributed by atoms with E-state index in [1.165, 1.54) is 0 Å². The average Bonchev–Trinajstić information content (AvgIpc) is 2.35. The van der Waals surface area contributed by atoms with Crippen molar-refractivity contribution in [3.05, 3.63) is 17.5 Å². The summed E-state index contributed by atoms with van der Waals surface area (Å²) in [7, 11) is 0. The van der Waals surface area contributed by atoms with Crippen LogP contribution in [0.2, 0.25) is 0 Å². The Bertz CT molecular complexity index is 358. The second-order valence-electron chi connectivity index (χ2n) is 4.10. The molecule has 0 spiro atoms. The van der Waals surface area contributed by atoms with E-state index in [4.69, 9.17) is 5.73 Å². The minimum atomic E-state index is -0.792. The summed E-state index contributed by atoms with van der Waals surface area (Å²) in [5.41, 5.74) is 6.26. The van der Waals surface area contributed by atoms with E-state index < -0.39 is 5.54 Å². The molecule has 1 aromatic rings. The lowest BCUT2D eigenvalue weighted by Crippen LogP contribution is -2.45. The van der Waals surface area contributed by atoms with Crippen molar-refractivity contribution in [2.45, 2.75) is 32.4 Å². The maximum absolute atomic E-state index is 9.33. The molecule has 0 aromatic carbocycles. The fourth-order valence-corrected chi connectivity index (χ4v) is 1.47. The van der Waals surface area contributed by atoms with Gasteiger partial charge in [-0.25, -0.2) is 9.97 Å². The summed E-state index contributed by atoms with van der Waals surface area (Å²) < 4.78 is 0. The van der Waals surface area contributed by atoms with Crippen molar-refractivity contribution in [3.8, 4) is 0 Å². The van der Waals surface area contributed by atoms with E-state index in [1.54, 1.807) is 6.07 Å². The standard InChI is InChI=1S/C11H20N4O2/c1-3-11(6-16,7-17)15-10-13-8(2)4-9(5-12)14-10/h4,16-17H,3,5-7,12H2,1-2H3,(H,13,14,15). The fraction of sp³-hybridized carbons (Fsp3) is 0.636. The van der Waals surface area contributed by atoms with Gasteiger partial charge in [0.2, 0.25) is 5.95 Å². The average molecular weight is 240 g/mol. The summed E-state index contributed by atoms with van der Waals surface area (Å²) in [6, 6.07) is 1.80.